The standard InChI is InChI=1S/C17H26BrNO3/c1-4-19-7-6-15(20)13(11-19)8-12-9-14(18)17(21-3)16(10-12)22-5-2/h9-10,13,15,20H,4-8,11H2,1-3H3. The van der Waals surface area contributed by atoms with Crippen LogP contribution in [-0.2, 0) is 6.42 Å². The molecule has 1 aliphatic rings. The number of halogens is 1. The zero-order chi connectivity index (χ0) is 16.1. The third-order valence-electron chi connectivity index (χ3n) is 4.30. The predicted octanol–water partition coefficient (Wildman–Crippen LogP) is 3.10. The Labute approximate surface area is 141 Å². The van der Waals surface area contributed by atoms with Crippen molar-refractivity contribution in [1.29, 1.82) is 0 Å². The quantitative estimate of drug-likeness (QED) is 0.833. The van der Waals surface area contributed by atoms with E-state index >= 15 is 0 Å². The van der Waals surface area contributed by atoms with E-state index in [0.717, 1.165) is 54.0 Å². The van der Waals surface area contributed by atoms with E-state index in [1.54, 1.807) is 7.11 Å². The van der Waals surface area contributed by atoms with Crippen LogP contribution in [-0.4, -0.2) is 49.5 Å². The van der Waals surface area contributed by atoms with E-state index < -0.39 is 0 Å². The largest absolute Gasteiger partial charge is 0.492 e. The van der Waals surface area contributed by atoms with Crippen molar-refractivity contribution in [3.63, 3.8) is 0 Å². The van der Waals surface area contributed by atoms with E-state index in [4.69, 9.17) is 9.47 Å². The minimum atomic E-state index is -0.223. The van der Waals surface area contributed by atoms with Crippen molar-refractivity contribution in [2.75, 3.05) is 33.4 Å². The van der Waals surface area contributed by atoms with Crippen LogP contribution in [0.15, 0.2) is 16.6 Å². The molecule has 0 aromatic heterocycles. The molecule has 2 atom stereocenters. The van der Waals surface area contributed by atoms with Crippen LogP contribution in [0, 0.1) is 5.92 Å². The molecule has 1 aromatic rings. The highest BCUT2D eigenvalue weighted by Gasteiger charge is 2.27. The van der Waals surface area contributed by atoms with E-state index in [1.165, 1.54) is 0 Å². The van der Waals surface area contributed by atoms with Gasteiger partial charge in [-0.2, -0.15) is 0 Å². The molecule has 1 aliphatic heterocycles. The molecular formula is C17H26BrNO3. The van der Waals surface area contributed by atoms with E-state index in [1.807, 2.05) is 13.0 Å². The fourth-order valence-corrected chi connectivity index (χ4v) is 3.74. The van der Waals surface area contributed by atoms with Gasteiger partial charge in [0.05, 0.1) is 24.3 Å². The number of aliphatic hydroxyl groups is 1. The molecule has 0 amide bonds. The number of methoxy groups -OCH3 is 1. The highest BCUT2D eigenvalue weighted by atomic mass is 79.9. The minimum Gasteiger partial charge on any atom is -0.492 e. The lowest BCUT2D eigenvalue weighted by Crippen LogP contribution is -2.43. The van der Waals surface area contributed by atoms with Crippen molar-refractivity contribution in [1.82, 2.24) is 4.90 Å². The van der Waals surface area contributed by atoms with Gasteiger partial charge in [-0.25, -0.2) is 0 Å². The second kappa shape index (κ2) is 8.18. The van der Waals surface area contributed by atoms with Crippen LogP contribution in [0.2, 0.25) is 0 Å². The molecule has 2 unspecified atom stereocenters. The maximum Gasteiger partial charge on any atom is 0.174 e. The van der Waals surface area contributed by atoms with Gasteiger partial charge < -0.3 is 19.5 Å². The van der Waals surface area contributed by atoms with Crippen LogP contribution >= 0.6 is 15.9 Å². The Balaban J connectivity index is 2.17. The second-order valence-corrected chi connectivity index (χ2v) is 6.61. The van der Waals surface area contributed by atoms with Gasteiger partial charge in [0.2, 0.25) is 0 Å². The molecule has 1 heterocycles. The Morgan fingerprint density at radius 3 is 2.77 bits per heavy atom. The highest BCUT2D eigenvalue weighted by Crippen LogP contribution is 2.37. The Morgan fingerprint density at radius 1 is 1.36 bits per heavy atom. The summed E-state index contributed by atoms with van der Waals surface area (Å²) in [5, 5.41) is 10.3. The summed E-state index contributed by atoms with van der Waals surface area (Å²) < 4.78 is 12.0. The monoisotopic (exact) mass is 371 g/mol. The van der Waals surface area contributed by atoms with E-state index in [2.05, 4.69) is 33.8 Å². The van der Waals surface area contributed by atoms with Crippen LogP contribution in [0.25, 0.3) is 0 Å². The molecule has 0 spiro atoms. The average Bonchev–Trinajstić information content (AvgIpc) is 2.50. The van der Waals surface area contributed by atoms with Crippen molar-refractivity contribution in [3.8, 4) is 11.5 Å². The van der Waals surface area contributed by atoms with Crippen molar-refractivity contribution in [3.05, 3.63) is 22.2 Å². The normalized spacial score (nSPS) is 22.6. The first-order chi connectivity index (χ1) is 10.6. The molecule has 0 saturated carbocycles. The Bertz CT molecular complexity index is 495. The molecule has 2 rings (SSSR count). The van der Waals surface area contributed by atoms with Crippen LogP contribution < -0.4 is 9.47 Å². The molecule has 1 N–H and O–H groups in total. The number of hydrogen-bond acceptors (Lipinski definition) is 4. The zero-order valence-electron chi connectivity index (χ0n) is 13.6. The average molecular weight is 372 g/mol. The smallest absolute Gasteiger partial charge is 0.174 e. The molecule has 22 heavy (non-hydrogen) atoms. The number of likely N-dealkylation sites (tertiary alicyclic amines) is 1. The molecule has 1 saturated heterocycles. The Morgan fingerprint density at radius 2 is 2.14 bits per heavy atom. The number of piperidine rings is 1. The van der Waals surface area contributed by atoms with Crippen LogP contribution in [0.3, 0.4) is 0 Å². The minimum absolute atomic E-state index is 0.223. The van der Waals surface area contributed by atoms with Gasteiger partial charge in [-0.3, -0.25) is 0 Å². The van der Waals surface area contributed by atoms with Crippen molar-refractivity contribution < 1.29 is 14.6 Å². The first-order valence-corrected chi connectivity index (χ1v) is 8.77. The fraction of sp³-hybridized carbons (Fsp3) is 0.647. The molecular weight excluding hydrogens is 346 g/mol. The first-order valence-electron chi connectivity index (χ1n) is 7.98. The summed E-state index contributed by atoms with van der Waals surface area (Å²) in [6.45, 7) is 7.72. The third-order valence-corrected chi connectivity index (χ3v) is 4.89. The van der Waals surface area contributed by atoms with Gasteiger partial charge in [-0.1, -0.05) is 6.92 Å². The topological polar surface area (TPSA) is 41.9 Å². The molecule has 0 radical (unpaired) electrons. The Hall–Kier alpha value is -0.780. The number of nitrogens with zero attached hydrogens (tertiary/aromatic N) is 1. The van der Waals surface area contributed by atoms with Gasteiger partial charge >= 0.3 is 0 Å². The first kappa shape index (κ1) is 17.6. The molecule has 1 aromatic carbocycles. The summed E-state index contributed by atoms with van der Waals surface area (Å²) in [4.78, 5) is 2.40. The van der Waals surface area contributed by atoms with Crippen LogP contribution in [0.5, 0.6) is 11.5 Å². The van der Waals surface area contributed by atoms with Gasteiger partial charge in [0, 0.05) is 19.0 Å². The highest BCUT2D eigenvalue weighted by molar-refractivity contribution is 9.10. The number of ether oxygens (including phenoxy) is 2. The maximum atomic E-state index is 10.3. The van der Waals surface area contributed by atoms with Crippen molar-refractivity contribution >= 4 is 15.9 Å². The van der Waals surface area contributed by atoms with Gasteiger partial charge in [0.1, 0.15) is 0 Å². The number of aliphatic hydroxyl groups excluding tert-OH is 1. The summed E-state index contributed by atoms with van der Waals surface area (Å²) in [5.74, 6) is 1.75. The molecule has 0 bridgehead atoms. The number of benzene rings is 1. The zero-order valence-corrected chi connectivity index (χ0v) is 15.2. The maximum absolute atomic E-state index is 10.3. The van der Waals surface area contributed by atoms with Gasteiger partial charge in [0.25, 0.3) is 0 Å². The summed E-state index contributed by atoms with van der Waals surface area (Å²) in [6, 6.07) is 4.10. The van der Waals surface area contributed by atoms with E-state index in [0.29, 0.717) is 6.61 Å². The fourth-order valence-electron chi connectivity index (χ4n) is 3.09. The van der Waals surface area contributed by atoms with Crippen molar-refractivity contribution in [2.45, 2.75) is 32.8 Å². The molecule has 0 aliphatic carbocycles. The molecule has 124 valence electrons. The summed E-state index contributed by atoms with van der Waals surface area (Å²) >= 11 is 3.56. The SMILES string of the molecule is CCOc1cc(CC2CN(CC)CCC2O)cc(Br)c1OC. The summed E-state index contributed by atoms with van der Waals surface area (Å²) in [5.41, 5.74) is 1.16. The lowest BCUT2D eigenvalue weighted by Gasteiger charge is -2.35. The van der Waals surface area contributed by atoms with E-state index in [-0.39, 0.29) is 12.0 Å². The molecule has 4 nitrogen and oxygen atoms in total. The number of hydrogen-bond donors (Lipinski definition) is 1. The predicted molar refractivity (Wildman–Crippen MR) is 91.8 cm³/mol. The lowest BCUT2D eigenvalue weighted by molar-refractivity contribution is 0.0290. The second-order valence-electron chi connectivity index (χ2n) is 5.76. The van der Waals surface area contributed by atoms with Gasteiger partial charge in [-0.05, 0) is 59.9 Å². The lowest BCUT2D eigenvalue weighted by atomic mass is 9.88. The number of rotatable bonds is 6. The summed E-state index contributed by atoms with van der Waals surface area (Å²) in [6.07, 6.45) is 1.48. The van der Waals surface area contributed by atoms with Crippen LogP contribution in [0.1, 0.15) is 25.8 Å². The van der Waals surface area contributed by atoms with Crippen molar-refractivity contribution in [2.24, 2.45) is 5.92 Å². The molecule has 1 fully saturated rings. The molecule has 5 heteroatoms. The van der Waals surface area contributed by atoms with Gasteiger partial charge in [-0.15, -0.1) is 0 Å². The summed E-state index contributed by atoms with van der Waals surface area (Å²) in [7, 11) is 1.65. The third kappa shape index (κ3) is 4.15. The van der Waals surface area contributed by atoms with E-state index in [9.17, 15) is 5.11 Å². The Kier molecular flexibility index (Phi) is 6.53. The van der Waals surface area contributed by atoms with Gasteiger partial charge in [0.15, 0.2) is 11.5 Å². The van der Waals surface area contributed by atoms with Crippen LogP contribution in [0.4, 0.5) is 0 Å².